The van der Waals surface area contributed by atoms with Gasteiger partial charge in [-0.05, 0) is 38.2 Å². The lowest BCUT2D eigenvalue weighted by Crippen LogP contribution is -2.40. The predicted molar refractivity (Wildman–Crippen MR) is 110 cm³/mol. The number of aliphatic imine (C=N–C) groups is 1. The fourth-order valence-corrected chi connectivity index (χ4v) is 4.29. The van der Waals surface area contributed by atoms with E-state index < -0.39 is 0 Å². The van der Waals surface area contributed by atoms with Crippen LogP contribution >= 0.6 is 11.8 Å². The van der Waals surface area contributed by atoms with Crippen molar-refractivity contribution in [2.45, 2.75) is 24.5 Å². The van der Waals surface area contributed by atoms with E-state index in [9.17, 15) is 9.59 Å². The first-order chi connectivity index (χ1) is 12.9. The molecule has 0 aromatic heterocycles. The molecular weight excluding hydrogens is 360 g/mol. The zero-order chi connectivity index (χ0) is 19.4. The average molecular weight is 387 g/mol. The Kier molecular flexibility index (Phi) is 6.44. The summed E-state index contributed by atoms with van der Waals surface area (Å²) in [6.07, 6.45) is 2.52. The number of carbonyl (C=O) groups is 2. The van der Waals surface area contributed by atoms with Gasteiger partial charge in [0.15, 0.2) is 0 Å². The number of carbonyl (C=O) groups excluding carboxylic acids is 2. The maximum absolute atomic E-state index is 12.2. The highest BCUT2D eigenvalue weighted by atomic mass is 32.2. The molecule has 0 saturated carbocycles. The highest BCUT2D eigenvalue weighted by Gasteiger charge is 2.24. The number of amidine groups is 1. The van der Waals surface area contributed by atoms with Gasteiger partial charge in [-0.15, -0.1) is 0 Å². The number of rotatable bonds is 6. The number of piperidine rings is 1. The lowest BCUT2D eigenvalue weighted by atomic mass is 10.1. The summed E-state index contributed by atoms with van der Waals surface area (Å²) in [4.78, 5) is 37.1. The van der Waals surface area contributed by atoms with Crippen LogP contribution in [0.25, 0.3) is 6.58 Å². The molecule has 2 amide bonds. The van der Waals surface area contributed by atoms with Crippen molar-refractivity contribution in [3.05, 3.63) is 34.3 Å². The van der Waals surface area contributed by atoms with Crippen LogP contribution in [0.2, 0.25) is 0 Å². The van der Waals surface area contributed by atoms with Crippen molar-refractivity contribution in [3.63, 3.8) is 0 Å². The van der Waals surface area contributed by atoms with Gasteiger partial charge in [0, 0.05) is 31.3 Å². The van der Waals surface area contributed by atoms with Crippen LogP contribution in [0.15, 0.2) is 28.2 Å². The van der Waals surface area contributed by atoms with Gasteiger partial charge >= 0.3 is 0 Å². The highest BCUT2D eigenvalue weighted by Crippen LogP contribution is 2.24. The molecule has 27 heavy (non-hydrogen) atoms. The summed E-state index contributed by atoms with van der Waals surface area (Å²) < 4.78 is 0. The normalized spacial score (nSPS) is 17.5. The molecule has 7 heteroatoms. The van der Waals surface area contributed by atoms with Gasteiger partial charge in [-0.3, -0.25) is 9.59 Å². The third-order valence-corrected chi connectivity index (χ3v) is 6.20. The molecule has 0 radical (unpaired) electrons. The van der Waals surface area contributed by atoms with Crippen LogP contribution in [0, 0.1) is 0 Å². The third-order valence-electron chi connectivity index (χ3n) is 4.84. The van der Waals surface area contributed by atoms with E-state index in [0.29, 0.717) is 34.2 Å². The van der Waals surface area contributed by atoms with Gasteiger partial charge < -0.3 is 9.80 Å². The van der Waals surface area contributed by atoms with Crippen LogP contribution in [0.3, 0.4) is 0 Å². The molecule has 144 valence electrons. The van der Waals surface area contributed by atoms with Crippen molar-refractivity contribution >= 4 is 36.0 Å². The Morgan fingerprint density at radius 2 is 2.04 bits per heavy atom. The highest BCUT2D eigenvalue weighted by molar-refractivity contribution is 8.00. The second-order valence-electron chi connectivity index (χ2n) is 7.20. The molecular formula is C20H26N4O2S. The largest absolute Gasteiger partial charge is 0.343 e. The van der Waals surface area contributed by atoms with Crippen molar-refractivity contribution < 1.29 is 9.59 Å². The molecule has 0 N–H and O–H groups in total. The first-order valence-corrected chi connectivity index (χ1v) is 10.3. The molecule has 1 fully saturated rings. The van der Waals surface area contributed by atoms with E-state index in [-0.39, 0.29) is 11.8 Å². The maximum atomic E-state index is 12.2. The summed E-state index contributed by atoms with van der Waals surface area (Å²) >= 11 is 1.78. The maximum Gasteiger partial charge on any atom is 0.280 e. The van der Waals surface area contributed by atoms with Crippen molar-refractivity contribution in [1.29, 1.82) is 0 Å². The minimum absolute atomic E-state index is 0.234. The molecule has 6 nitrogen and oxygen atoms in total. The molecule has 1 aromatic carbocycles. The van der Waals surface area contributed by atoms with E-state index in [4.69, 9.17) is 0 Å². The van der Waals surface area contributed by atoms with Crippen LogP contribution in [0.4, 0.5) is 0 Å². The fourth-order valence-electron chi connectivity index (χ4n) is 3.23. The van der Waals surface area contributed by atoms with Gasteiger partial charge in [0.2, 0.25) is 5.91 Å². The minimum atomic E-state index is -0.234. The standard InChI is InChI=1S/C20H26N4O2S/c1-14-5-4-6-16-19(14)21-17(22-20(16)26)13-27-15-7-11-24(12-8-15)18(25)9-10-23(2)3/h4-6,15H,1,7-13H2,2-3H3. The summed E-state index contributed by atoms with van der Waals surface area (Å²) in [6.45, 7) is 6.35. The van der Waals surface area contributed by atoms with Gasteiger partial charge in [-0.1, -0.05) is 18.7 Å². The summed E-state index contributed by atoms with van der Waals surface area (Å²) in [5.41, 5.74) is 0.529. The van der Waals surface area contributed by atoms with Crippen molar-refractivity contribution in [2.75, 3.05) is 39.5 Å². The number of benzene rings is 1. The molecule has 2 heterocycles. The second kappa shape index (κ2) is 8.80. The van der Waals surface area contributed by atoms with E-state index in [1.54, 1.807) is 23.9 Å². The van der Waals surface area contributed by atoms with E-state index in [1.807, 2.05) is 30.0 Å². The van der Waals surface area contributed by atoms with Crippen LogP contribution < -0.4 is 10.6 Å². The predicted octanol–water partition coefficient (Wildman–Crippen LogP) is 0.945. The minimum Gasteiger partial charge on any atom is -0.343 e. The number of nitrogens with zero attached hydrogens (tertiary/aromatic N) is 4. The topological polar surface area (TPSA) is 65.3 Å². The Balaban J connectivity index is 1.51. The molecule has 2 aliphatic rings. The Morgan fingerprint density at radius 3 is 2.74 bits per heavy atom. The second-order valence-corrected chi connectivity index (χ2v) is 8.49. The molecule has 2 aliphatic heterocycles. The summed E-state index contributed by atoms with van der Waals surface area (Å²) in [5.74, 6) is 1.18. The number of hydrogen-bond acceptors (Lipinski definition) is 5. The molecule has 3 rings (SSSR count). The molecule has 0 atom stereocenters. The van der Waals surface area contributed by atoms with Gasteiger partial charge in [0.05, 0.1) is 16.7 Å². The number of likely N-dealkylation sites (tertiary alicyclic amines) is 1. The smallest absolute Gasteiger partial charge is 0.280 e. The van der Waals surface area contributed by atoms with Gasteiger partial charge in [0.25, 0.3) is 5.91 Å². The van der Waals surface area contributed by atoms with E-state index in [0.717, 1.165) is 37.7 Å². The van der Waals surface area contributed by atoms with Crippen molar-refractivity contribution in [2.24, 2.45) is 9.98 Å². The van der Waals surface area contributed by atoms with Crippen LogP contribution in [-0.2, 0) is 4.79 Å². The van der Waals surface area contributed by atoms with E-state index >= 15 is 0 Å². The average Bonchev–Trinajstić information content (AvgIpc) is 2.66. The number of thioether (sulfide) groups is 1. The Labute approximate surface area is 164 Å². The number of hydrogen-bond donors (Lipinski definition) is 0. The lowest BCUT2D eigenvalue weighted by Gasteiger charge is -2.32. The van der Waals surface area contributed by atoms with Gasteiger partial charge in [0.1, 0.15) is 5.84 Å². The van der Waals surface area contributed by atoms with Gasteiger partial charge in [-0.2, -0.15) is 16.8 Å². The molecule has 0 unspecified atom stereocenters. The number of amides is 2. The molecule has 0 bridgehead atoms. The molecule has 1 saturated heterocycles. The first-order valence-electron chi connectivity index (χ1n) is 9.26. The van der Waals surface area contributed by atoms with Crippen molar-refractivity contribution in [3.8, 4) is 0 Å². The molecule has 0 spiro atoms. The summed E-state index contributed by atoms with van der Waals surface area (Å²) in [5, 5.41) is 1.87. The third kappa shape index (κ3) is 5.05. The van der Waals surface area contributed by atoms with Crippen LogP contribution in [-0.4, -0.2) is 72.2 Å². The first kappa shape index (κ1) is 19.8. The quantitative estimate of drug-likeness (QED) is 0.730. The SMILES string of the molecule is C=c1cccc2c1=NC(CSC1CCN(C(=O)CCN(C)C)CC1)=NC2=O. The van der Waals surface area contributed by atoms with Crippen LogP contribution in [0.5, 0.6) is 0 Å². The van der Waals surface area contributed by atoms with Crippen LogP contribution in [0.1, 0.15) is 29.6 Å². The zero-order valence-electron chi connectivity index (χ0n) is 16.0. The zero-order valence-corrected chi connectivity index (χ0v) is 16.8. The molecule has 0 aliphatic carbocycles. The van der Waals surface area contributed by atoms with Crippen molar-refractivity contribution in [1.82, 2.24) is 9.80 Å². The number of fused-ring (bicyclic) bond motifs is 1. The Morgan fingerprint density at radius 1 is 1.30 bits per heavy atom. The molecule has 1 aromatic rings. The Bertz CT molecular complexity index is 857. The lowest BCUT2D eigenvalue weighted by molar-refractivity contribution is -0.132. The van der Waals surface area contributed by atoms with E-state index in [2.05, 4.69) is 16.6 Å². The monoisotopic (exact) mass is 386 g/mol. The summed E-state index contributed by atoms with van der Waals surface area (Å²) in [7, 11) is 3.96. The van der Waals surface area contributed by atoms with E-state index in [1.165, 1.54) is 0 Å². The Hall–Kier alpha value is -1.99. The summed E-state index contributed by atoms with van der Waals surface area (Å²) in [6, 6.07) is 5.40. The van der Waals surface area contributed by atoms with Gasteiger partial charge in [-0.25, -0.2) is 4.99 Å². The fraction of sp³-hybridized carbons (Fsp3) is 0.500. The number of para-hydroxylation sites is 1.